The molecule has 1 aliphatic heterocycles. The zero-order valence-corrected chi connectivity index (χ0v) is 13.6. The van der Waals surface area contributed by atoms with Gasteiger partial charge in [-0.25, -0.2) is 0 Å². The Morgan fingerprint density at radius 3 is 2.59 bits per heavy atom. The van der Waals surface area contributed by atoms with Crippen molar-refractivity contribution in [2.45, 2.75) is 26.7 Å². The minimum atomic E-state index is -0.0410. The number of rotatable bonds is 4. The largest absolute Gasteiger partial charge is 0.280 e. The van der Waals surface area contributed by atoms with E-state index in [1.54, 1.807) is 11.3 Å². The lowest BCUT2D eigenvalue weighted by atomic mass is 10.1. The van der Waals surface area contributed by atoms with Crippen molar-refractivity contribution in [3.8, 4) is 0 Å². The van der Waals surface area contributed by atoms with E-state index >= 15 is 0 Å². The number of aryl methyl sites for hydroxylation is 1. The molecule has 0 radical (unpaired) electrons. The van der Waals surface area contributed by atoms with Crippen molar-refractivity contribution in [3.63, 3.8) is 0 Å². The average molecular weight is 310 g/mol. The molecule has 112 valence electrons. The fourth-order valence-electron chi connectivity index (χ4n) is 2.44. The van der Waals surface area contributed by atoms with Gasteiger partial charge in [-0.15, -0.1) is 11.3 Å². The third kappa shape index (κ3) is 2.88. The van der Waals surface area contributed by atoms with E-state index in [1.807, 2.05) is 36.4 Å². The molecule has 2 aromatic rings. The third-order valence-electron chi connectivity index (χ3n) is 3.49. The van der Waals surface area contributed by atoms with E-state index in [0.29, 0.717) is 5.57 Å². The normalized spacial score (nSPS) is 16.5. The van der Waals surface area contributed by atoms with Crippen LogP contribution in [0.1, 0.15) is 29.5 Å². The first kappa shape index (κ1) is 14.7. The molecule has 1 amide bonds. The van der Waals surface area contributed by atoms with Crippen LogP contribution in [-0.2, 0) is 4.79 Å². The first-order valence-electron chi connectivity index (χ1n) is 7.44. The van der Waals surface area contributed by atoms with Crippen LogP contribution in [0.2, 0.25) is 0 Å². The molecule has 3 nitrogen and oxygen atoms in total. The maximum atomic E-state index is 12.8. The van der Waals surface area contributed by atoms with Crippen molar-refractivity contribution in [1.29, 1.82) is 0 Å². The lowest BCUT2D eigenvalue weighted by Gasteiger charge is -2.10. The number of anilines is 1. The van der Waals surface area contributed by atoms with Gasteiger partial charge in [0.15, 0.2) is 0 Å². The molecule has 1 aromatic heterocycles. The minimum Gasteiger partial charge on any atom is -0.267 e. The smallest absolute Gasteiger partial charge is 0.267 e. The van der Waals surface area contributed by atoms with E-state index in [0.717, 1.165) is 29.1 Å². The molecule has 3 rings (SSSR count). The predicted octanol–water partition coefficient (Wildman–Crippen LogP) is 4.64. The average Bonchev–Trinajstić information content (AvgIpc) is 3.07. The van der Waals surface area contributed by atoms with Crippen LogP contribution in [0.25, 0.3) is 6.08 Å². The summed E-state index contributed by atoms with van der Waals surface area (Å²) in [6, 6.07) is 13.7. The van der Waals surface area contributed by atoms with Gasteiger partial charge < -0.3 is 0 Å². The summed E-state index contributed by atoms with van der Waals surface area (Å²) in [5.41, 5.74) is 2.40. The lowest BCUT2D eigenvalue weighted by molar-refractivity contribution is -0.114. The van der Waals surface area contributed by atoms with Crippen LogP contribution in [0.4, 0.5) is 5.69 Å². The fraction of sp³-hybridized carbons (Fsp3) is 0.222. The van der Waals surface area contributed by atoms with Gasteiger partial charge in [-0.3, -0.25) is 4.79 Å². The molecule has 0 fully saturated rings. The van der Waals surface area contributed by atoms with Gasteiger partial charge in [-0.2, -0.15) is 10.1 Å². The molecule has 0 saturated carbocycles. The summed E-state index contributed by atoms with van der Waals surface area (Å²) in [7, 11) is 0. The third-order valence-corrected chi connectivity index (χ3v) is 4.44. The number of benzene rings is 1. The highest BCUT2D eigenvalue weighted by Crippen LogP contribution is 2.28. The maximum absolute atomic E-state index is 12.8. The highest BCUT2D eigenvalue weighted by Gasteiger charge is 2.30. The topological polar surface area (TPSA) is 32.7 Å². The minimum absolute atomic E-state index is 0.0410. The molecule has 4 heteroatoms. The lowest BCUT2D eigenvalue weighted by Crippen LogP contribution is -2.21. The van der Waals surface area contributed by atoms with Crippen molar-refractivity contribution in [3.05, 3.63) is 57.8 Å². The Kier molecular flexibility index (Phi) is 4.20. The zero-order valence-electron chi connectivity index (χ0n) is 12.7. The summed E-state index contributed by atoms with van der Waals surface area (Å²) in [5, 5.41) is 6.06. The van der Waals surface area contributed by atoms with Gasteiger partial charge in [0, 0.05) is 9.75 Å². The Balaban J connectivity index is 1.98. The first-order valence-corrected chi connectivity index (χ1v) is 8.26. The van der Waals surface area contributed by atoms with E-state index < -0.39 is 0 Å². The Hall–Kier alpha value is -2.20. The predicted molar refractivity (Wildman–Crippen MR) is 93.3 cm³/mol. The summed E-state index contributed by atoms with van der Waals surface area (Å²) in [6.45, 7) is 4.17. The van der Waals surface area contributed by atoms with Gasteiger partial charge in [0.2, 0.25) is 0 Å². The monoisotopic (exact) mass is 310 g/mol. The molecule has 1 aliphatic rings. The number of hydrogen-bond donors (Lipinski definition) is 0. The zero-order chi connectivity index (χ0) is 15.5. The molecule has 0 saturated heterocycles. The van der Waals surface area contributed by atoms with E-state index in [4.69, 9.17) is 0 Å². The highest BCUT2D eigenvalue weighted by atomic mass is 32.1. The van der Waals surface area contributed by atoms with Crippen molar-refractivity contribution < 1.29 is 4.79 Å². The van der Waals surface area contributed by atoms with Gasteiger partial charge in [0.1, 0.15) is 0 Å². The van der Waals surface area contributed by atoms with Crippen molar-refractivity contribution >= 4 is 34.7 Å². The molecule has 2 heterocycles. The van der Waals surface area contributed by atoms with Crippen LogP contribution >= 0.6 is 11.3 Å². The first-order chi connectivity index (χ1) is 10.7. The summed E-state index contributed by atoms with van der Waals surface area (Å²) >= 11 is 1.69. The second kappa shape index (κ2) is 6.28. The van der Waals surface area contributed by atoms with Gasteiger partial charge >= 0.3 is 0 Å². The quantitative estimate of drug-likeness (QED) is 0.757. The SMILES string of the molecule is CCCC1=NN(c2ccccc2)C(=O)/C1=C\c1ccc(C)s1. The molecule has 0 bridgehead atoms. The number of carbonyl (C=O) groups is 1. The van der Waals surface area contributed by atoms with Crippen LogP contribution in [0, 0.1) is 6.92 Å². The number of hydrogen-bond acceptors (Lipinski definition) is 3. The number of nitrogens with zero attached hydrogens (tertiary/aromatic N) is 2. The summed E-state index contributed by atoms with van der Waals surface area (Å²) in [6.07, 6.45) is 3.75. The molecule has 0 aliphatic carbocycles. The van der Waals surface area contributed by atoms with E-state index in [1.165, 1.54) is 9.89 Å². The Morgan fingerprint density at radius 2 is 1.95 bits per heavy atom. The number of amides is 1. The van der Waals surface area contributed by atoms with Crippen LogP contribution in [0.3, 0.4) is 0 Å². The Labute approximate surface area is 134 Å². The summed E-state index contributed by atoms with van der Waals surface area (Å²) in [4.78, 5) is 15.1. The molecular weight excluding hydrogens is 292 g/mol. The maximum Gasteiger partial charge on any atom is 0.280 e. The Bertz CT molecular complexity index is 743. The molecule has 0 unspecified atom stereocenters. The summed E-state index contributed by atoms with van der Waals surface area (Å²) in [5.74, 6) is -0.0410. The van der Waals surface area contributed by atoms with Crippen LogP contribution in [0.5, 0.6) is 0 Å². The molecule has 22 heavy (non-hydrogen) atoms. The summed E-state index contributed by atoms with van der Waals surface area (Å²) < 4.78 is 0. The van der Waals surface area contributed by atoms with Crippen molar-refractivity contribution in [2.24, 2.45) is 5.10 Å². The van der Waals surface area contributed by atoms with E-state index in [2.05, 4.69) is 31.1 Å². The number of hydrazone groups is 1. The molecule has 0 atom stereocenters. The second-order valence-corrected chi connectivity index (χ2v) is 6.58. The standard InChI is InChI=1S/C18H18N2OS/c1-3-7-17-16(12-15-11-10-13(2)22-15)18(21)20(19-17)14-8-5-4-6-9-14/h4-6,8-12H,3,7H2,1-2H3/b16-12-. The van der Waals surface area contributed by atoms with E-state index in [9.17, 15) is 4.79 Å². The molecule has 1 aromatic carbocycles. The van der Waals surface area contributed by atoms with E-state index in [-0.39, 0.29) is 5.91 Å². The van der Waals surface area contributed by atoms with Gasteiger partial charge in [0.05, 0.1) is 17.0 Å². The molecular formula is C18H18N2OS. The number of carbonyl (C=O) groups excluding carboxylic acids is 1. The molecule has 0 N–H and O–H groups in total. The van der Waals surface area contributed by atoms with Crippen molar-refractivity contribution in [1.82, 2.24) is 0 Å². The van der Waals surface area contributed by atoms with Gasteiger partial charge in [0.25, 0.3) is 5.91 Å². The van der Waals surface area contributed by atoms with Crippen molar-refractivity contribution in [2.75, 3.05) is 5.01 Å². The number of para-hydroxylation sites is 1. The van der Waals surface area contributed by atoms with Gasteiger partial charge in [-0.05, 0) is 43.7 Å². The van der Waals surface area contributed by atoms with Gasteiger partial charge in [-0.1, -0.05) is 31.5 Å². The van der Waals surface area contributed by atoms with Crippen LogP contribution in [0.15, 0.2) is 53.1 Å². The second-order valence-electron chi connectivity index (χ2n) is 5.26. The van der Waals surface area contributed by atoms with Crippen LogP contribution < -0.4 is 5.01 Å². The number of thiophene rings is 1. The Morgan fingerprint density at radius 1 is 1.18 bits per heavy atom. The molecule has 0 spiro atoms. The van der Waals surface area contributed by atoms with Crippen LogP contribution in [-0.4, -0.2) is 11.6 Å². The fourth-order valence-corrected chi connectivity index (χ4v) is 3.26. The highest BCUT2D eigenvalue weighted by molar-refractivity contribution is 7.12.